The summed E-state index contributed by atoms with van der Waals surface area (Å²) in [5.41, 5.74) is 0.296. The molecule has 0 aromatic heterocycles. The number of halogens is 3. The Morgan fingerprint density at radius 3 is 2.41 bits per heavy atom. The van der Waals surface area contributed by atoms with Crippen LogP contribution in [0.3, 0.4) is 0 Å². The predicted molar refractivity (Wildman–Crippen MR) is 72.8 cm³/mol. The Kier molecular flexibility index (Phi) is 4.45. The van der Waals surface area contributed by atoms with E-state index in [9.17, 15) is 26.4 Å². The molecule has 1 heterocycles. The van der Waals surface area contributed by atoms with E-state index >= 15 is 0 Å². The second-order valence-corrected chi connectivity index (χ2v) is 6.67. The molecule has 1 unspecified atom stereocenters. The Morgan fingerprint density at radius 2 is 1.91 bits per heavy atom. The molecular weight excluding hydrogens is 323 g/mol. The smallest absolute Gasteiger partial charge is 0.406 e. The molecular formula is C13H12F3NO4S. The zero-order valence-electron chi connectivity index (χ0n) is 11.1. The fourth-order valence-corrected chi connectivity index (χ4v) is 3.36. The Bertz CT molecular complexity index is 680. The lowest BCUT2D eigenvalue weighted by Gasteiger charge is -2.11. The highest BCUT2D eigenvalue weighted by atomic mass is 32.2. The van der Waals surface area contributed by atoms with Gasteiger partial charge in [-0.25, -0.2) is 8.42 Å². The number of rotatable bonds is 4. The molecule has 0 saturated heterocycles. The van der Waals surface area contributed by atoms with E-state index in [0.717, 1.165) is 17.5 Å². The van der Waals surface area contributed by atoms with Gasteiger partial charge in [0.2, 0.25) is 5.91 Å². The van der Waals surface area contributed by atoms with E-state index in [1.165, 1.54) is 18.2 Å². The van der Waals surface area contributed by atoms with Crippen molar-refractivity contribution >= 4 is 21.4 Å². The van der Waals surface area contributed by atoms with Gasteiger partial charge in [-0.1, -0.05) is 6.08 Å². The van der Waals surface area contributed by atoms with E-state index < -0.39 is 33.8 Å². The van der Waals surface area contributed by atoms with E-state index in [1.54, 1.807) is 0 Å². The van der Waals surface area contributed by atoms with Crippen molar-refractivity contribution in [2.24, 2.45) is 5.92 Å². The number of sulfone groups is 1. The van der Waals surface area contributed by atoms with Crippen molar-refractivity contribution in [1.29, 1.82) is 0 Å². The number of hydrogen-bond donors (Lipinski definition) is 1. The predicted octanol–water partition coefficient (Wildman–Crippen LogP) is 2.47. The van der Waals surface area contributed by atoms with Crippen LogP contribution in [0.15, 0.2) is 35.7 Å². The lowest BCUT2D eigenvalue weighted by Crippen LogP contribution is -2.18. The van der Waals surface area contributed by atoms with Gasteiger partial charge in [0.05, 0.1) is 5.75 Å². The molecule has 1 amide bonds. The number of hydrogen-bond acceptors (Lipinski definition) is 4. The highest BCUT2D eigenvalue weighted by Crippen LogP contribution is 2.24. The minimum atomic E-state index is -4.77. The van der Waals surface area contributed by atoms with Gasteiger partial charge >= 0.3 is 6.36 Å². The SMILES string of the molecule is O=C(CC1C=CS(=O)(=O)C1)Nc1ccc(OC(F)(F)F)cc1. The van der Waals surface area contributed by atoms with Crippen LogP contribution in [0.4, 0.5) is 18.9 Å². The molecule has 120 valence electrons. The van der Waals surface area contributed by atoms with Gasteiger partial charge in [0.1, 0.15) is 5.75 Å². The molecule has 1 aliphatic rings. The molecule has 2 rings (SSSR count). The van der Waals surface area contributed by atoms with Gasteiger partial charge in [-0.15, -0.1) is 13.2 Å². The first-order valence-electron chi connectivity index (χ1n) is 6.20. The zero-order valence-corrected chi connectivity index (χ0v) is 11.9. The number of nitrogens with one attached hydrogen (secondary N) is 1. The average molecular weight is 335 g/mol. The number of benzene rings is 1. The Morgan fingerprint density at radius 1 is 1.27 bits per heavy atom. The largest absolute Gasteiger partial charge is 0.573 e. The molecule has 22 heavy (non-hydrogen) atoms. The second kappa shape index (κ2) is 5.99. The summed E-state index contributed by atoms with van der Waals surface area (Å²) in [6, 6.07) is 4.67. The zero-order chi connectivity index (χ0) is 16.4. The standard InChI is InChI=1S/C13H12F3NO4S/c14-13(15,16)21-11-3-1-10(2-4-11)17-12(18)7-9-5-6-22(19,20)8-9/h1-6,9H,7-8H2,(H,17,18). The van der Waals surface area contributed by atoms with Gasteiger partial charge < -0.3 is 10.1 Å². The molecule has 1 aliphatic heterocycles. The quantitative estimate of drug-likeness (QED) is 0.917. The van der Waals surface area contributed by atoms with Crippen LogP contribution in [-0.4, -0.2) is 26.4 Å². The number of carbonyl (C=O) groups excluding carboxylic acids is 1. The molecule has 1 aromatic carbocycles. The van der Waals surface area contributed by atoms with Crippen molar-refractivity contribution in [1.82, 2.24) is 0 Å². The lowest BCUT2D eigenvalue weighted by molar-refractivity contribution is -0.274. The fourth-order valence-electron chi connectivity index (χ4n) is 1.96. The van der Waals surface area contributed by atoms with Crippen LogP contribution < -0.4 is 10.1 Å². The Hall–Kier alpha value is -2.03. The van der Waals surface area contributed by atoms with Crippen LogP contribution in [0.2, 0.25) is 0 Å². The fraction of sp³-hybridized carbons (Fsp3) is 0.308. The van der Waals surface area contributed by atoms with E-state index in [-0.39, 0.29) is 12.2 Å². The van der Waals surface area contributed by atoms with Crippen molar-refractivity contribution in [3.63, 3.8) is 0 Å². The van der Waals surface area contributed by atoms with E-state index in [2.05, 4.69) is 10.1 Å². The minimum Gasteiger partial charge on any atom is -0.406 e. The summed E-state index contributed by atoms with van der Waals surface area (Å²) >= 11 is 0. The topological polar surface area (TPSA) is 72.5 Å². The maximum Gasteiger partial charge on any atom is 0.573 e. The number of ether oxygens (including phenoxy) is 1. The number of allylic oxidation sites excluding steroid dienone is 1. The molecule has 9 heteroatoms. The number of carbonyl (C=O) groups is 1. The summed E-state index contributed by atoms with van der Waals surface area (Å²) in [6.45, 7) is 0. The van der Waals surface area contributed by atoms with E-state index in [4.69, 9.17) is 0 Å². The molecule has 5 nitrogen and oxygen atoms in total. The summed E-state index contributed by atoms with van der Waals surface area (Å²) in [5, 5.41) is 3.56. The monoisotopic (exact) mass is 335 g/mol. The Labute approximate surface area is 124 Å². The Balaban J connectivity index is 1.88. The third kappa shape index (κ3) is 5.06. The van der Waals surface area contributed by atoms with Crippen LogP contribution in [0.1, 0.15) is 6.42 Å². The molecule has 0 saturated carbocycles. The first-order valence-corrected chi connectivity index (χ1v) is 7.91. The van der Waals surface area contributed by atoms with E-state index in [0.29, 0.717) is 5.69 Å². The number of amides is 1. The average Bonchev–Trinajstić information content (AvgIpc) is 2.69. The van der Waals surface area contributed by atoms with Crippen molar-refractivity contribution in [2.75, 3.05) is 11.1 Å². The summed E-state index contributed by atoms with van der Waals surface area (Å²) in [5.74, 6) is -1.32. The van der Waals surface area contributed by atoms with Crippen molar-refractivity contribution < 1.29 is 31.1 Å². The summed E-state index contributed by atoms with van der Waals surface area (Å²) in [4.78, 5) is 11.7. The first kappa shape index (κ1) is 16.3. The molecule has 0 radical (unpaired) electrons. The normalized spacial score (nSPS) is 19.9. The van der Waals surface area contributed by atoms with Crippen molar-refractivity contribution in [3.05, 3.63) is 35.7 Å². The maximum atomic E-state index is 12.0. The van der Waals surface area contributed by atoms with Crippen LogP contribution in [0.5, 0.6) is 5.75 Å². The number of alkyl halides is 3. The lowest BCUT2D eigenvalue weighted by atomic mass is 10.1. The summed E-state index contributed by atoms with van der Waals surface area (Å²) in [6.07, 6.45) is -3.34. The molecule has 1 aromatic rings. The van der Waals surface area contributed by atoms with Crippen molar-refractivity contribution in [2.45, 2.75) is 12.8 Å². The van der Waals surface area contributed by atoms with Gasteiger partial charge in [-0.05, 0) is 24.3 Å². The van der Waals surface area contributed by atoms with Crippen LogP contribution in [0.25, 0.3) is 0 Å². The first-order chi connectivity index (χ1) is 10.1. The third-order valence-corrected chi connectivity index (χ3v) is 4.29. The van der Waals surface area contributed by atoms with Crippen LogP contribution >= 0.6 is 0 Å². The molecule has 0 aliphatic carbocycles. The second-order valence-electron chi connectivity index (χ2n) is 4.74. The molecule has 1 atom stereocenters. The van der Waals surface area contributed by atoms with Crippen LogP contribution in [-0.2, 0) is 14.6 Å². The number of anilines is 1. The summed E-state index contributed by atoms with van der Waals surface area (Å²) in [7, 11) is -3.22. The van der Waals surface area contributed by atoms with Gasteiger partial charge in [-0.2, -0.15) is 0 Å². The molecule has 0 fully saturated rings. The highest BCUT2D eigenvalue weighted by Gasteiger charge is 2.31. The third-order valence-electron chi connectivity index (χ3n) is 2.82. The van der Waals surface area contributed by atoms with Gasteiger partial charge in [-0.3, -0.25) is 4.79 Å². The molecule has 0 bridgehead atoms. The summed E-state index contributed by atoms with van der Waals surface area (Å²) < 4.78 is 62.1. The maximum absolute atomic E-state index is 12.0. The van der Waals surface area contributed by atoms with Gasteiger partial charge in [0.15, 0.2) is 9.84 Å². The highest BCUT2D eigenvalue weighted by molar-refractivity contribution is 7.94. The minimum absolute atomic E-state index is 0.0173. The van der Waals surface area contributed by atoms with Gasteiger partial charge in [0, 0.05) is 23.4 Å². The van der Waals surface area contributed by atoms with E-state index in [1.807, 2.05) is 0 Å². The molecule has 0 spiro atoms. The van der Waals surface area contributed by atoms with Gasteiger partial charge in [0.25, 0.3) is 0 Å². The van der Waals surface area contributed by atoms with Crippen LogP contribution in [0, 0.1) is 5.92 Å². The van der Waals surface area contributed by atoms with Crippen molar-refractivity contribution in [3.8, 4) is 5.75 Å². The molecule has 1 N–H and O–H groups in total.